The minimum atomic E-state index is -3.66. The number of rotatable bonds is 3. The summed E-state index contributed by atoms with van der Waals surface area (Å²) in [6.07, 6.45) is -0.117. The van der Waals surface area contributed by atoms with Crippen LogP contribution in [0.4, 0.5) is 0 Å². The molecule has 0 aliphatic carbocycles. The molecule has 9 heteroatoms. The molecule has 8 nitrogen and oxygen atoms in total. The highest BCUT2D eigenvalue weighted by molar-refractivity contribution is 7.93. The molecule has 0 aromatic rings. The largest absolute Gasteiger partial charge is 0.427 e. The first-order valence-electron chi connectivity index (χ1n) is 7.20. The van der Waals surface area contributed by atoms with Gasteiger partial charge in [0.2, 0.25) is 12.7 Å². The summed E-state index contributed by atoms with van der Waals surface area (Å²) in [4.78, 5) is 36.6. The number of carbonyl (C=O) groups excluding carboxylic acids is 3. The van der Waals surface area contributed by atoms with Crippen LogP contribution in [0.1, 0.15) is 41.0 Å². The van der Waals surface area contributed by atoms with E-state index in [1.54, 1.807) is 20.8 Å². The van der Waals surface area contributed by atoms with E-state index in [4.69, 9.17) is 9.47 Å². The first-order valence-corrected chi connectivity index (χ1v) is 8.75. The molecular weight excluding hydrogens is 326 g/mol. The van der Waals surface area contributed by atoms with Crippen molar-refractivity contribution < 1.29 is 32.3 Å². The van der Waals surface area contributed by atoms with E-state index < -0.39 is 56.1 Å². The van der Waals surface area contributed by atoms with Crippen LogP contribution in [0.5, 0.6) is 0 Å². The summed E-state index contributed by atoms with van der Waals surface area (Å²) in [5.74, 6) is -1.85. The van der Waals surface area contributed by atoms with Crippen molar-refractivity contribution in [3.05, 3.63) is 0 Å². The van der Waals surface area contributed by atoms with Crippen LogP contribution in [-0.4, -0.2) is 54.1 Å². The number of fused-ring (bicyclic) bond motifs is 1. The van der Waals surface area contributed by atoms with Gasteiger partial charge < -0.3 is 14.4 Å². The molecule has 1 unspecified atom stereocenters. The van der Waals surface area contributed by atoms with Crippen LogP contribution < -0.4 is 0 Å². The molecule has 0 spiro atoms. The second kappa shape index (κ2) is 5.19. The standard InChI is InChI=1S/C14H21NO7S/c1-13(2,3)12(18)22-7-21-11(17)10-14(4,5)23(19,20)9-6-8(16)15(9)10/h9-10H,6-7H2,1-5H3/t9-,10?/m1/s1. The van der Waals surface area contributed by atoms with Crippen molar-refractivity contribution in [2.24, 2.45) is 5.41 Å². The van der Waals surface area contributed by atoms with Crippen LogP contribution >= 0.6 is 0 Å². The monoisotopic (exact) mass is 347 g/mol. The van der Waals surface area contributed by atoms with E-state index in [1.165, 1.54) is 13.8 Å². The zero-order chi connectivity index (χ0) is 17.8. The summed E-state index contributed by atoms with van der Waals surface area (Å²) in [6, 6.07) is -1.23. The van der Waals surface area contributed by atoms with Gasteiger partial charge >= 0.3 is 11.9 Å². The van der Waals surface area contributed by atoms with Crippen LogP contribution in [-0.2, 0) is 33.7 Å². The molecule has 2 rings (SSSR count). The maximum absolute atomic E-state index is 12.4. The van der Waals surface area contributed by atoms with Gasteiger partial charge in [0, 0.05) is 0 Å². The van der Waals surface area contributed by atoms with E-state index in [0.717, 1.165) is 4.90 Å². The normalized spacial score (nSPS) is 27.9. The van der Waals surface area contributed by atoms with Crippen molar-refractivity contribution in [1.82, 2.24) is 4.90 Å². The minimum absolute atomic E-state index is 0.117. The molecule has 0 N–H and O–H groups in total. The third-order valence-electron chi connectivity index (χ3n) is 4.20. The lowest BCUT2D eigenvalue weighted by Crippen LogP contribution is -2.57. The second-order valence-corrected chi connectivity index (χ2v) is 9.96. The van der Waals surface area contributed by atoms with E-state index in [1.807, 2.05) is 0 Å². The van der Waals surface area contributed by atoms with Gasteiger partial charge in [-0.05, 0) is 34.6 Å². The van der Waals surface area contributed by atoms with Gasteiger partial charge in [-0.1, -0.05) is 0 Å². The quantitative estimate of drug-likeness (QED) is 0.408. The predicted molar refractivity (Wildman–Crippen MR) is 78.5 cm³/mol. The summed E-state index contributed by atoms with van der Waals surface area (Å²) < 4.78 is 33.0. The summed E-state index contributed by atoms with van der Waals surface area (Å²) in [6.45, 7) is 7.10. The Labute approximate surface area is 135 Å². The van der Waals surface area contributed by atoms with Gasteiger partial charge in [0.1, 0.15) is 11.4 Å². The number of amides is 1. The van der Waals surface area contributed by atoms with Gasteiger partial charge in [-0.2, -0.15) is 0 Å². The van der Waals surface area contributed by atoms with Crippen LogP contribution in [0, 0.1) is 5.41 Å². The topological polar surface area (TPSA) is 107 Å². The molecule has 130 valence electrons. The van der Waals surface area contributed by atoms with Crippen molar-refractivity contribution in [2.45, 2.75) is 57.2 Å². The number of hydrogen-bond acceptors (Lipinski definition) is 7. The van der Waals surface area contributed by atoms with Gasteiger partial charge in [-0.15, -0.1) is 0 Å². The zero-order valence-electron chi connectivity index (χ0n) is 13.8. The van der Waals surface area contributed by atoms with Gasteiger partial charge in [0.25, 0.3) is 0 Å². The van der Waals surface area contributed by atoms with Crippen molar-refractivity contribution in [2.75, 3.05) is 6.79 Å². The lowest BCUT2D eigenvalue weighted by molar-refractivity contribution is -0.179. The average molecular weight is 347 g/mol. The van der Waals surface area contributed by atoms with Crippen LogP contribution in [0.3, 0.4) is 0 Å². The SMILES string of the molecule is CC(C)(C)C(=O)OCOC(=O)C1N2C(=O)C[C@H]2S(=O)(=O)C1(C)C. The Balaban J connectivity index is 2.07. The number of β-lactam (4-membered cyclic amide) rings is 1. The third-order valence-corrected chi connectivity index (χ3v) is 7.00. The lowest BCUT2D eigenvalue weighted by Gasteiger charge is -2.36. The minimum Gasteiger partial charge on any atom is -0.427 e. The lowest BCUT2D eigenvalue weighted by atomic mass is 9.97. The molecule has 0 radical (unpaired) electrons. The van der Waals surface area contributed by atoms with E-state index in [9.17, 15) is 22.8 Å². The van der Waals surface area contributed by atoms with Crippen LogP contribution in [0.25, 0.3) is 0 Å². The average Bonchev–Trinajstić information content (AvgIpc) is 2.51. The Hall–Kier alpha value is -1.64. The highest BCUT2D eigenvalue weighted by Gasteiger charge is 2.68. The Morgan fingerprint density at radius 3 is 2.30 bits per heavy atom. The Morgan fingerprint density at radius 2 is 1.83 bits per heavy atom. The molecule has 2 atom stereocenters. The summed E-state index contributed by atoms with van der Waals surface area (Å²) >= 11 is 0. The number of nitrogens with zero attached hydrogens (tertiary/aromatic N) is 1. The summed E-state index contributed by atoms with van der Waals surface area (Å²) in [5.41, 5.74) is -0.749. The van der Waals surface area contributed by atoms with E-state index in [0.29, 0.717) is 0 Å². The molecule has 2 aliphatic rings. The highest BCUT2D eigenvalue weighted by Crippen LogP contribution is 2.45. The number of ether oxygens (including phenoxy) is 2. The molecule has 0 aromatic heterocycles. The molecule has 2 heterocycles. The molecule has 0 aromatic carbocycles. The van der Waals surface area contributed by atoms with E-state index >= 15 is 0 Å². The number of hydrogen-bond donors (Lipinski definition) is 0. The van der Waals surface area contributed by atoms with Crippen molar-refractivity contribution in [3.63, 3.8) is 0 Å². The molecule has 1 amide bonds. The van der Waals surface area contributed by atoms with Gasteiger partial charge in [-0.25, -0.2) is 13.2 Å². The van der Waals surface area contributed by atoms with E-state index in [2.05, 4.69) is 0 Å². The Kier molecular flexibility index (Phi) is 3.99. The Bertz CT molecular complexity index is 659. The predicted octanol–water partition coefficient (Wildman–Crippen LogP) is 0.210. The maximum atomic E-state index is 12.4. The maximum Gasteiger partial charge on any atom is 0.333 e. The smallest absolute Gasteiger partial charge is 0.333 e. The van der Waals surface area contributed by atoms with Crippen LogP contribution in [0.2, 0.25) is 0 Å². The molecule has 2 aliphatic heterocycles. The van der Waals surface area contributed by atoms with Gasteiger partial charge in [0.05, 0.1) is 16.6 Å². The molecule has 2 fully saturated rings. The molecule has 23 heavy (non-hydrogen) atoms. The first-order chi connectivity index (χ1) is 10.3. The molecule has 0 saturated carbocycles. The van der Waals surface area contributed by atoms with Crippen molar-refractivity contribution >= 4 is 27.7 Å². The molecule has 0 bridgehead atoms. The van der Waals surface area contributed by atoms with Crippen LogP contribution in [0.15, 0.2) is 0 Å². The first kappa shape index (κ1) is 17.7. The Morgan fingerprint density at radius 1 is 1.26 bits per heavy atom. The summed E-state index contributed by atoms with van der Waals surface area (Å²) in [5, 5.41) is -0.973. The fourth-order valence-electron chi connectivity index (χ4n) is 2.65. The van der Waals surface area contributed by atoms with Crippen molar-refractivity contribution in [1.29, 1.82) is 0 Å². The number of carbonyl (C=O) groups is 3. The number of sulfone groups is 1. The van der Waals surface area contributed by atoms with E-state index in [-0.39, 0.29) is 6.42 Å². The van der Waals surface area contributed by atoms with Crippen molar-refractivity contribution in [3.8, 4) is 0 Å². The fraction of sp³-hybridized carbons (Fsp3) is 0.786. The highest BCUT2D eigenvalue weighted by atomic mass is 32.2. The molecule has 2 saturated heterocycles. The van der Waals surface area contributed by atoms with Gasteiger partial charge in [-0.3, -0.25) is 9.59 Å². The van der Waals surface area contributed by atoms with Gasteiger partial charge in [0.15, 0.2) is 9.84 Å². The fourth-order valence-corrected chi connectivity index (χ4v) is 4.77. The molecular formula is C14H21NO7S. The zero-order valence-corrected chi connectivity index (χ0v) is 14.6. The number of esters is 2. The summed E-state index contributed by atoms with van der Waals surface area (Å²) in [7, 11) is -3.66. The third kappa shape index (κ3) is 2.60. The second-order valence-electron chi connectivity index (χ2n) is 7.27.